The molecule has 0 aromatic heterocycles. The zero-order valence-corrected chi connectivity index (χ0v) is 19.1. The molecule has 2 aromatic carbocycles. The third-order valence-corrected chi connectivity index (χ3v) is 5.88. The first kappa shape index (κ1) is 23.3. The van der Waals surface area contributed by atoms with E-state index >= 15 is 0 Å². The fraction of sp³-hybridized carbons (Fsp3) is 0.200. The van der Waals surface area contributed by atoms with Crippen molar-refractivity contribution in [1.82, 2.24) is 10.2 Å². The minimum atomic E-state index is -0.447. The van der Waals surface area contributed by atoms with E-state index in [0.717, 1.165) is 0 Å². The molecule has 0 saturated carbocycles. The number of hydrogen-bond donors (Lipinski definition) is 1. The Morgan fingerprint density at radius 3 is 2.45 bits per heavy atom. The molecule has 0 aliphatic carbocycles. The number of halogens is 3. The lowest BCUT2D eigenvalue weighted by atomic mass is 10.2. The van der Waals surface area contributed by atoms with Gasteiger partial charge in [-0.2, -0.15) is 0 Å². The Labute approximate surface area is 199 Å². The van der Waals surface area contributed by atoms with Gasteiger partial charge in [-0.25, -0.2) is 0 Å². The van der Waals surface area contributed by atoms with Crippen molar-refractivity contribution in [3.63, 3.8) is 0 Å². The summed E-state index contributed by atoms with van der Waals surface area (Å²) in [5.74, 6) is -0.389. The number of thiocarbonyl (C=S) groups is 1. The number of piperazine rings is 1. The SMILES string of the molecule is O=C(/C=C/c1ccc(Cl)cc1Cl)NC(=S)N1CCN(c2c(Cl)cccc2[N+](=O)[O-])CC1. The summed E-state index contributed by atoms with van der Waals surface area (Å²) in [6.07, 6.45) is 2.91. The van der Waals surface area contributed by atoms with Gasteiger partial charge in [0.15, 0.2) is 5.11 Å². The molecule has 0 radical (unpaired) electrons. The number of rotatable bonds is 4. The molecule has 0 bridgehead atoms. The van der Waals surface area contributed by atoms with E-state index in [2.05, 4.69) is 5.32 Å². The molecule has 7 nitrogen and oxygen atoms in total. The van der Waals surface area contributed by atoms with Crippen molar-refractivity contribution >= 4 is 75.5 Å². The first-order valence-electron chi connectivity index (χ1n) is 9.17. The maximum absolute atomic E-state index is 12.2. The number of benzene rings is 2. The first-order chi connectivity index (χ1) is 14.8. The van der Waals surface area contributed by atoms with E-state index in [1.165, 1.54) is 12.1 Å². The van der Waals surface area contributed by atoms with Crippen LogP contribution in [-0.4, -0.2) is 47.0 Å². The van der Waals surface area contributed by atoms with Crippen LogP contribution in [-0.2, 0) is 4.79 Å². The van der Waals surface area contributed by atoms with Crippen LogP contribution < -0.4 is 10.2 Å². The van der Waals surface area contributed by atoms with E-state index < -0.39 is 4.92 Å². The molecule has 1 aliphatic heterocycles. The predicted molar refractivity (Wildman–Crippen MR) is 128 cm³/mol. The Morgan fingerprint density at radius 1 is 1.10 bits per heavy atom. The summed E-state index contributed by atoms with van der Waals surface area (Å²) in [5, 5.41) is 15.5. The van der Waals surface area contributed by atoms with Crippen LogP contribution >= 0.6 is 47.0 Å². The topological polar surface area (TPSA) is 78.7 Å². The summed E-state index contributed by atoms with van der Waals surface area (Å²) in [7, 11) is 0. The zero-order chi connectivity index (χ0) is 22.5. The summed E-state index contributed by atoms with van der Waals surface area (Å²) in [6, 6.07) is 9.58. The third-order valence-electron chi connectivity index (χ3n) is 4.65. The number of carbonyl (C=O) groups is 1. The third kappa shape index (κ3) is 5.86. The summed E-state index contributed by atoms with van der Waals surface area (Å²) in [4.78, 5) is 26.8. The molecule has 1 fully saturated rings. The highest BCUT2D eigenvalue weighted by Gasteiger charge is 2.27. The van der Waals surface area contributed by atoms with Crippen LogP contribution in [0.15, 0.2) is 42.5 Å². The lowest BCUT2D eigenvalue weighted by Gasteiger charge is -2.37. The molecule has 3 rings (SSSR count). The maximum atomic E-state index is 12.2. The van der Waals surface area contributed by atoms with Crippen LogP contribution in [0.2, 0.25) is 15.1 Å². The van der Waals surface area contributed by atoms with Crippen molar-refractivity contribution in [2.24, 2.45) is 0 Å². The van der Waals surface area contributed by atoms with Gasteiger partial charge in [0.05, 0.1) is 9.95 Å². The number of para-hydroxylation sites is 1. The molecule has 162 valence electrons. The lowest BCUT2D eigenvalue weighted by Crippen LogP contribution is -2.52. The number of nitro groups is 1. The first-order valence-corrected chi connectivity index (χ1v) is 10.7. The van der Waals surface area contributed by atoms with Gasteiger partial charge in [0.1, 0.15) is 5.69 Å². The number of anilines is 1. The fourth-order valence-electron chi connectivity index (χ4n) is 3.13. The van der Waals surface area contributed by atoms with Crippen LogP contribution in [0.4, 0.5) is 11.4 Å². The Morgan fingerprint density at radius 2 is 1.81 bits per heavy atom. The molecule has 1 aliphatic rings. The highest BCUT2D eigenvalue weighted by molar-refractivity contribution is 7.80. The molecule has 0 unspecified atom stereocenters. The lowest BCUT2D eigenvalue weighted by molar-refractivity contribution is -0.384. The van der Waals surface area contributed by atoms with Gasteiger partial charge in [-0.15, -0.1) is 0 Å². The Balaban J connectivity index is 1.58. The minimum absolute atomic E-state index is 0.0390. The number of carbonyl (C=O) groups excluding carboxylic acids is 1. The van der Waals surface area contributed by atoms with Crippen LogP contribution in [0.5, 0.6) is 0 Å². The average molecular weight is 500 g/mol. The number of amides is 1. The second-order valence-electron chi connectivity index (χ2n) is 6.63. The smallest absolute Gasteiger partial charge is 0.294 e. The number of nitrogens with one attached hydrogen (secondary N) is 1. The predicted octanol–water partition coefficient (Wildman–Crippen LogP) is 4.79. The van der Waals surface area contributed by atoms with Gasteiger partial charge in [-0.3, -0.25) is 20.2 Å². The molecule has 1 heterocycles. The quantitative estimate of drug-likeness (QED) is 0.282. The number of nitro benzene ring substituents is 1. The average Bonchev–Trinajstić information content (AvgIpc) is 2.73. The maximum Gasteiger partial charge on any atom is 0.294 e. The van der Waals surface area contributed by atoms with Crippen molar-refractivity contribution in [3.05, 3.63) is 73.2 Å². The van der Waals surface area contributed by atoms with E-state index in [1.807, 2.05) is 9.80 Å². The molecule has 1 saturated heterocycles. The van der Waals surface area contributed by atoms with Crippen molar-refractivity contribution in [2.75, 3.05) is 31.1 Å². The molecule has 2 aromatic rings. The van der Waals surface area contributed by atoms with Crippen LogP contribution in [0.25, 0.3) is 6.08 Å². The van der Waals surface area contributed by atoms with Crippen LogP contribution in [0.1, 0.15) is 5.56 Å². The summed E-state index contributed by atoms with van der Waals surface area (Å²) >= 11 is 23.5. The Bertz CT molecular complexity index is 1060. The van der Waals surface area contributed by atoms with Gasteiger partial charge in [0.2, 0.25) is 5.91 Å². The van der Waals surface area contributed by atoms with Crippen molar-refractivity contribution < 1.29 is 9.72 Å². The molecule has 11 heteroatoms. The Hall–Kier alpha value is -2.39. The van der Waals surface area contributed by atoms with E-state index in [1.54, 1.807) is 36.4 Å². The Kier molecular flexibility index (Phi) is 7.72. The van der Waals surface area contributed by atoms with Gasteiger partial charge >= 0.3 is 0 Å². The summed E-state index contributed by atoms with van der Waals surface area (Å²) in [5.41, 5.74) is 1.01. The molecule has 1 amide bonds. The van der Waals surface area contributed by atoms with Gasteiger partial charge in [-0.05, 0) is 42.1 Å². The molecule has 0 atom stereocenters. The van der Waals surface area contributed by atoms with Gasteiger partial charge in [0.25, 0.3) is 5.69 Å². The molecular weight excluding hydrogens is 483 g/mol. The highest BCUT2D eigenvalue weighted by Crippen LogP contribution is 2.35. The van der Waals surface area contributed by atoms with Crippen molar-refractivity contribution in [3.8, 4) is 0 Å². The van der Waals surface area contributed by atoms with E-state index in [-0.39, 0.29) is 16.7 Å². The zero-order valence-electron chi connectivity index (χ0n) is 16.1. The van der Waals surface area contributed by atoms with E-state index in [4.69, 9.17) is 47.0 Å². The molecule has 31 heavy (non-hydrogen) atoms. The van der Waals surface area contributed by atoms with Gasteiger partial charge < -0.3 is 9.80 Å². The van der Waals surface area contributed by atoms with Crippen LogP contribution in [0, 0.1) is 10.1 Å². The van der Waals surface area contributed by atoms with Gasteiger partial charge in [0, 0.05) is 48.4 Å². The number of hydrogen-bond acceptors (Lipinski definition) is 5. The molecule has 1 N–H and O–H groups in total. The molecular formula is C20H17Cl3N4O3S. The van der Waals surface area contributed by atoms with Crippen LogP contribution in [0.3, 0.4) is 0 Å². The second-order valence-corrected chi connectivity index (χ2v) is 8.27. The fourth-order valence-corrected chi connectivity index (χ4v) is 4.17. The van der Waals surface area contributed by atoms with E-state index in [9.17, 15) is 14.9 Å². The normalized spacial score (nSPS) is 14.0. The highest BCUT2D eigenvalue weighted by atomic mass is 35.5. The summed E-state index contributed by atoms with van der Waals surface area (Å²) < 4.78 is 0. The number of nitrogens with zero attached hydrogens (tertiary/aromatic N) is 3. The standard InChI is InChI=1S/C20H17Cl3N4O3S/c21-14-6-4-13(16(23)12-14)5-7-18(28)24-20(31)26-10-8-25(9-11-26)19-15(22)2-1-3-17(19)27(29)30/h1-7,12H,8-11H2,(H,24,28,31)/b7-5+. The minimum Gasteiger partial charge on any atom is -0.361 e. The largest absolute Gasteiger partial charge is 0.361 e. The monoisotopic (exact) mass is 498 g/mol. The van der Waals surface area contributed by atoms with Gasteiger partial charge in [-0.1, -0.05) is 46.9 Å². The van der Waals surface area contributed by atoms with Crippen molar-refractivity contribution in [2.45, 2.75) is 0 Å². The second kappa shape index (κ2) is 10.3. The van der Waals surface area contributed by atoms with E-state index in [0.29, 0.717) is 52.5 Å². The summed E-state index contributed by atoms with van der Waals surface area (Å²) in [6.45, 7) is 1.90. The van der Waals surface area contributed by atoms with Crippen molar-refractivity contribution in [1.29, 1.82) is 0 Å². The molecule has 0 spiro atoms.